The van der Waals surface area contributed by atoms with Crippen LogP contribution in [-0.4, -0.2) is 38.3 Å². The lowest BCUT2D eigenvalue weighted by Crippen LogP contribution is -2.22. The Morgan fingerprint density at radius 1 is 1.06 bits per heavy atom. The van der Waals surface area contributed by atoms with E-state index in [0.29, 0.717) is 34.1 Å². The predicted octanol–water partition coefficient (Wildman–Crippen LogP) is 4.61. The fraction of sp³-hybridized carbons (Fsp3) is 0.217. The van der Waals surface area contributed by atoms with E-state index in [-0.39, 0.29) is 23.1 Å². The van der Waals surface area contributed by atoms with E-state index in [9.17, 15) is 14.7 Å². The van der Waals surface area contributed by atoms with Gasteiger partial charge in [-0.15, -0.1) is 11.3 Å². The summed E-state index contributed by atoms with van der Waals surface area (Å²) in [5, 5.41) is 12.8. The number of carbonyl (C=O) groups excluding carboxylic acids is 1. The van der Waals surface area contributed by atoms with Crippen molar-refractivity contribution in [3.8, 4) is 28.4 Å². The molecule has 0 radical (unpaired) electrons. The third-order valence-corrected chi connectivity index (χ3v) is 6.58. The Labute approximate surface area is 183 Å². The van der Waals surface area contributed by atoms with Crippen molar-refractivity contribution < 1.29 is 28.9 Å². The molecular weight excluding hydrogens is 418 g/mol. The number of amides is 1. The Morgan fingerprint density at radius 2 is 1.81 bits per heavy atom. The molecule has 0 bridgehead atoms. The zero-order chi connectivity index (χ0) is 22.1. The summed E-state index contributed by atoms with van der Waals surface area (Å²) in [6, 6.07) is 12.6. The van der Waals surface area contributed by atoms with Gasteiger partial charge in [-0.3, -0.25) is 4.79 Å². The lowest BCUT2D eigenvalue weighted by atomic mass is 9.88. The number of carboxylic acids is 1. The SMILES string of the molecule is COc1ccc(-c2c(C(=O)O)sc3c2NC(=O)CC3c2cccc(OC)c2OC)cc1. The number of para-hydroxylation sites is 1. The average molecular weight is 439 g/mol. The Kier molecular flexibility index (Phi) is 5.56. The molecule has 1 amide bonds. The molecule has 1 aromatic heterocycles. The van der Waals surface area contributed by atoms with Crippen LogP contribution in [0.15, 0.2) is 42.5 Å². The van der Waals surface area contributed by atoms with E-state index in [4.69, 9.17) is 14.2 Å². The second-order valence-corrected chi connectivity index (χ2v) is 8.02. The smallest absolute Gasteiger partial charge is 0.346 e. The van der Waals surface area contributed by atoms with Crippen LogP contribution in [0.25, 0.3) is 11.1 Å². The summed E-state index contributed by atoms with van der Waals surface area (Å²) < 4.78 is 16.2. The fourth-order valence-electron chi connectivity index (χ4n) is 3.91. The standard InChI is InChI=1S/C23H21NO6S/c1-28-13-9-7-12(8-10-13)18-19-21(31-22(18)23(26)27)15(11-17(25)24-19)14-5-4-6-16(29-2)20(14)30-3/h4-10,15H,11H2,1-3H3,(H,24,25)(H,26,27). The van der Waals surface area contributed by atoms with Crippen molar-refractivity contribution in [3.05, 3.63) is 57.8 Å². The summed E-state index contributed by atoms with van der Waals surface area (Å²) in [5.41, 5.74) is 2.49. The van der Waals surface area contributed by atoms with E-state index in [1.165, 1.54) is 11.3 Å². The first kappa shape index (κ1) is 20.7. The first-order valence-corrected chi connectivity index (χ1v) is 10.3. The summed E-state index contributed by atoms with van der Waals surface area (Å²) in [7, 11) is 4.66. The molecule has 0 spiro atoms. The van der Waals surface area contributed by atoms with E-state index in [2.05, 4.69) is 5.32 Å². The van der Waals surface area contributed by atoms with Crippen LogP contribution in [0.4, 0.5) is 5.69 Å². The zero-order valence-electron chi connectivity index (χ0n) is 17.2. The monoisotopic (exact) mass is 439 g/mol. The summed E-state index contributed by atoms with van der Waals surface area (Å²) in [6.07, 6.45) is 0.179. The lowest BCUT2D eigenvalue weighted by Gasteiger charge is -2.25. The fourth-order valence-corrected chi connectivity index (χ4v) is 5.14. The van der Waals surface area contributed by atoms with Crippen LogP contribution in [0.5, 0.6) is 17.2 Å². The van der Waals surface area contributed by atoms with Crippen LogP contribution in [-0.2, 0) is 4.79 Å². The quantitative estimate of drug-likeness (QED) is 0.582. The highest BCUT2D eigenvalue weighted by atomic mass is 32.1. The molecule has 4 rings (SSSR count). The number of anilines is 1. The molecule has 31 heavy (non-hydrogen) atoms. The van der Waals surface area contributed by atoms with Gasteiger partial charge in [0.05, 0.1) is 27.0 Å². The second-order valence-electron chi connectivity index (χ2n) is 6.97. The predicted molar refractivity (Wildman–Crippen MR) is 118 cm³/mol. The van der Waals surface area contributed by atoms with E-state index in [0.717, 1.165) is 10.4 Å². The van der Waals surface area contributed by atoms with Crippen molar-refractivity contribution >= 4 is 28.9 Å². The molecule has 0 fully saturated rings. The molecule has 0 aliphatic carbocycles. The molecule has 2 heterocycles. The summed E-state index contributed by atoms with van der Waals surface area (Å²) in [6.45, 7) is 0. The second kappa shape index (κ2) is 8.31. The van der Waals surface area contributed by atoms with Gasteiger partial charge in [0.2, 0.25) is 5.91 Å². The minimum Gasteiger partial charge on any atom is -0.497 e. The average Bonchev–Trinajstić information content (AvgIpc) is 3.17. The molecule has 7 nitrogen and oxygen atoms in total. The number of rotatable bonds is 6. The highest BCUT2D eigenvalue weighted by molar-refractivity contribution is 7.15. The van der Waals surface area contributed by atoms with E-state index in [1.807, 2.05) is 12.1 Å². The maximum atomic E-state index is 12.7. The number of hydrogen-bond acceptors (Lipinski definition) is 6. The minimum atomic E-state index is -1.05. The molecule has 0 saturated carbocycles. The molecule has 8 heteroatoms. The first-order chi connectivity index (χ1) is 15.0. The highest BCUT2D eigenvalue weighted by Crippen LogP contribution is 2.51. The Morgan fingerprint density at radius 3 is 2.42 bits per heavy atom. The van der Waals surface area contributed by atoms with Gasteiger partial charge in [0.15, 0.2) is 11.5 Å². The summed E-state index contributed by atoms with van der Waals surface area (Å²) >= 11 is 1.17. The number of nitrogens with one attached hydrogen (secondary N) is 1. The number of carbonyl (C=O) groups is 2. The van der Waals surface area contributed by atoms with Crippen LogP contribution in [0.3, 0.4) is 0 Å². The molecule has 1 unspecified atom stereocenters. The third kappa shape index (κ3) is 3.59. The van der Waals surface area contributed by atoms with Gasteiger partial charge in [0.25, 0.3) is 0 Å². The van der Waals surface area contributed by atoms with Gasteiger partial charge in [-0.1, -0.05) is 24.3 Å². The van der Waals surface area contributed by atoms with Crippen molar-refractivity contribution in [1.29, 1.82) is 0 Å². The van der Waals surface area contributed by atoms with Gasteiger partial charge >= 0.3 is 5.97 Å². The first-order valence-electron chi connectivity index (χ1n) is 9.53. The van der Waals surface area contributed by atoms with E-state index >= 15 is 0 Å². The maximum absolute atomic E-state index is 12.7. The van der Waals surface area contributed by atoms with Crippen molar-refractivity contribution in [1.82, 2.24) is 0 Å². The number of methoxy groups -OCH3 is 3. The zero-order valence-corrected chi connectivity index (χ0v) is 18.0. The summed E-state index contributed by atoms with van der Waals surface area (Å²) in [4.78, 5) is 25.7. The normalized spacial score (nSPS) is 15.1. The number of carboxylic acid groups (broad SMARTS) is 1. The van der Waals surface area contributed by atoms with Crippen molar-refractivity contribution in [2.75, 3.05) is 26.6 Å². The van der Waals surface area contributed by atoms with E-state index in [1.54, 1.807) is 51.7 Å². The van der Waals surface area contributed by atoms with Gasteiger partial charge in [-0.25, -0.2) is 4.79 Å². The van der Waals surface area contributed by atoms with Gasteiger partial charge in [0, 0.05) is 28.3 Å². The van der Waals surface area contributed by atoms with Crippen LogP contribution in [0.2, 0.25) is 0 Å². The molecule has 2 aromatic carbocycles. The maximum Gasteiger partial charge on any atom is 0.346 e. The van der Waals surface area contributed by atoms with Gasteiger partial charge in [-0.05, 0) is 23.8 Å². The Bertz CT molecular complexity index is 1150. The summed E-state index contributed by atoms with van der Waals surface area (Å²) in [5.74, 6) is 0.157. The third-order valence-electron chi connectivity index (χ3n) is 5.29. The van der Waals surface area contributed by atoms with E-state index < -0.39 is 5.97 Å². The van der Waals surface area contributed by atoms with Crippen LogP contribution in [0, 0.1) is 0 Å². The topological polar surface area (TPSA) is 94.1 Å². The van der Waals surface area contributed by atoms with Gasteiger partial charge < -0.3 is 24.6 Å². The molecule has 1 atom stereocenters. The molecule has 2 N–H and O–H groups in total. The number of benzene rings is 2. The number of hydrogen-bond donors (Lipinski definition) is 2. The molecule has 0 saturated heterocycles. The molecular formula is C23H21NO6S. The molecule has 160 valence electrons. The van der Waals surface area contributed by atoms with Crippen LogP contribution in [0.1, 0.15) is 32.5 Å². The Balaban J connectivity index is 1.93. The highest BCUT2D eigenvalue weighted by Gasteiger charge is 2.36. The Hall–Kier alpha value is -3.52. The lowest BCUT2D eigenvalue weighted by molar-refractivity contribution is -0.116. The van der Waals surface area contributed by atoms with Crippen molar-refractivity contribution in [3.63, 3.8) is 0 Å². The van der Waals surface area contributed by atoms with Crippen molar-refractivity contribution in [2.45, 2.75) is 12.3 Å². The van der Waals surface area contributed by atoms with Crippen LogP contribution >= 0.6 is 11.3 Å². The van der Waals surface area contributed by atoms with Gasteiger partial charge in [-0.2, -0.15) is 0 Å². The minimum absolute atomic E-state index is 0.171. The van der Waals surface area contributed by atoms with Crippen molar-refractivity contribution in [2.24, 2.45) is 0 Å². The number of ether oxygens (including phenoxy) is 3. The molecule has 3 aromatic rings. The number of thiophene rings is 1. The largest absolute Gasteiger partial charge is 0.497 e. The van der Waals surface area contributed by atoms with Crippen LogP contribution < -0.4 is 19.5 Å². The van der Waals surface area contributed by atoms with Gasteiger partial charge in [0.1, 0.15) is 10.6 Å². The number of fused-ring (bicyclic) bond motifs is 1. The number of aromatic carboxylic acids is 1. The molecule has 1 aliphatic rings. The molecule has 1 aliphatic heterocycles.